The van der Waals surface area contributed by atoms with Crippen molar-refractivity contribution < 1.29 is 9.47 Å². The van der Waals surface area contributed by atoms with Crippen LogP contribution in [0.25, 0.3) is 0 Å². The number of nitrogens with one attached hydrogen (secondary N) is 2. The Hall–Kier alpha value is -2.08. The highest BCUT2D eigenvalue weighted by molar-refractivity contribution is 7.71. The molecule has 0 saturated carbocycles. The number of hydrogen-bond acceptors (Lipinski definition) is 4. The average Bonchev–Trinajstić information content (AvgIpc) is 2.46. The predicted molar refractivity (Wildman–Crippen MR) is 75.0 cm³/mol. The van der Waals surface area contributed by atoms with Crippen LogP contribution in [0.3, 0.4) is 0 Å². The van der Waals surface area contributed by atoms with Gasteiger partial charge in [0.25, 0.3) is 5.56 Å². The van der Waals surface area contributed by atoms with Gasteiger partial charge in [0.15, 0.2) is 4.77 Å². The van der Waals surface area contributed by atoms with E-state index in [0.717, 1.165) is 11.3 Å². The molecule has 0 saturated heterocycles. The van der Waals surface area contributed by atoms with Crippen molar-refractivity contribution >= 4 is 12.2 Å². The van der Waals surface area contributed by atoms with Crippen molar-refractivity contribution in [3.05, 3.63) is 50.5 Å². The smallest absolute Gasteiger partial charge is 0.259 e. The summed E-state index contributed by atoms with van der Waals surface area (Å²) in [5, 5.41) is 0. The number of ether oxygens (including phenoxy) is 2. The molecule has 0 amide bonds. The van der Waals surface area contributed by atoms with E-state index in [1.54, 1.807) is 0 Å². The fourth-order valence-electron chi connectivity index (χ4n) is 3.01. The molecular weight excluding hydrogens is 276 g/mol. The van der Waals surface area contributed by atoms with E-state index in [9.17, 15) is 4.79 Å². The normalized spacial score (nSPS) is 22.8. The number of fused-ring (bicyclic) bond motifs is 5. The molecule has 2 atom stereocenters. The number of aromatic amines is 2. The molecule has 2 N–H and O–H groups in total. The Kier molecular flexibility index (Phi) is 2.47. The van der Waals surface area contributed by atoms with Crippen LogP contribution in [0.15, 0.2) is 29.1 Å². The van der Waals surface area contributed by atoms with E-state index >= 15 is 0 Å². The average molecular weight is 288 g/mol. The maximum atomic E-state index is 12.3. The van der Waals surface area contributed by atoms with E-state index in [-0.39, 0.29) is 22.2 Å². The third kappa shape index (κ3) is 1.61. The lowest BCUT2D eigenvalue weighted by molar-refractivity contribution is 0.121. The first-order valence-corrected chi connectivity index (χ1v) is 6.86. The van der Waals surface area contributed by atoms with Gasteiger partial charge < -0.3 is 14.5 Å². The van der Waals surface area contributed by atoms with Crippen molar-refractivity contribution in [1.82, 2.24) is 9.97 Å². The summed E-state index contributed by atoms with van der Waals surface area (Å²) < 4.78 is 11.7. The Morgan fingerprint density at radius 2 is 1.95 bits per heavy atom. The molecule has 6 heteroatoms. The lowest BCUT2D eigenvalue weighted by Gasteiger charge is -2.36. The van der Waals surface area contributed by atoms with Crippen LogP contribution in [0.1, 0.15) is 17.0 Å². The Labute approximate surface area is 119 Å². The van der Waals surface area contributed by atoms with Gasteiger partial charge in [-0.15, -0.1) is 0 Å². The van der Waals surface area contributed by atoms with Gasteiger partial charge in [-0.05, 0) is 18.3 Å². The van der Waals surface area contributed by atoms with Gasteiger partial charge in [0.05, 0.1) is 18.8 Å². The van der Waals surface area contributed by atoms with Gasteiger partial charge in [-0.25, -0.2) is 0 Å². The molecule has 20 heavy (non-hydrogen) atoms. The molecule has 0 fully saturated rings. The van der Waals surface area contributed by atoms with Crippen molar-refractivity contribution in [2.24, 2.45) is 5.92 Å². The maximum absolute atomic E-state index is 12.3. The van der Waals surface area contributed by atoms with Crippen LogP contribution in [0, 0.1) is 10.7 Å². The van der Waals surface area contributed by atoms with Gasteiger partial charge in [0.1, 0.15) is 5.75 Å². The van der Waals surface area contributed by atoms with Gasteiger partial charge in [0.2, 0.25) is 5.88 Å². The molecule has 4 rings (SSSR count). The molecule has 2 aliphatic heterocycles. The molecule has 5 nitrogen and oxygen atoms in total. The highest BCUT2D eigenvalue weighted by Gasteiger charge is 2.39. The highest BCUT2D eigenvalue weighted by atomic mass is 32.1. The summed E-state index contributed by atoms with van der Waals surface area (Å²) in [6.07, 6.45) is 0. The van der Waals surface area contributed by atoms with E-state index in [4.69, 9.17) is 21.7 Å². The minimum absolute atomic E-state index is 0.0145. The fraction of sp³-hybridized carbons (Fsp3) is 0.286. The summed E-state index contributed by atoms with van der Waals surface area (Å²) in [6, 6.07) is 7.82. The molecule has 3 heterocycles. The standard InChI is InChI=1S/C14H12N2O3S/c17-12-11-10-7(6-19-13(11)16-14(20)15-12)5-18-9-4-2-1-3-8(9)10/h1-4,7,10H,5-6H2,(H2,15,16,17,20). The Morgan fingerprint density at radius 1 is 1.15 bits per heavy atom. The number of H-pyrrole nitrogens is 2. The van der Waals surface area contributed by atoms with Crippen molar-refractivity contribution in [1.29, 1.82) is 0 Å². The highest BCUT2D eigenvalue weighted by Crippen LogP contribution is 2.44. The summed E-state index contributed by atoms with van der Waals surface area (Å²) in [5.74, 6) is 1.45. The zero-order chi connectivity index (χ0) is 13.7. The summed E-state index contributed by atoms with van der Waals surface area (Å²) in [6.45, 7) is 1.07. The molecule has 0 aliphatic carbocycles. The SMILES string of the molecule is O=c1[nH]c(=S)[nH]c2c1C1c3ccccc3OCC1CO2. The third-order valence-corrected chi connectivity index (χ3v) is 4.08. The van der Waals surface area contributed by atoms with Crippen LogP contribution >= 0.6 is 12.2 Å². The molecule has 0 radical (unpaired) electrons. The fourth-order valence-corrected chi connectivity index (χ4v) is 3.20. The van der Waals surface area contributed by atoms with Crippen molar-refractivity contribution in [3.63, 3.8) is 0 Å². The zero-order valence-corrected chi connectivity index (χ0v) is 11.3. The van der Waals surface area contributed by atoms with Crippen LogP contribution in [-0.2, 0) is 0 Å². The van der Waals surface area contributed by atoms with Gasteiger partial charge in [0, 0.05) is 17.4 Å². The molecule has 1 aromatic carbocycles. The van der Waals surface area contributed by atoms with Gasteiger partial charge in [-0.3, -0.25) is 9.78 Å². The summed E-state index contributed by atoms with van der Waals surface area (Å²) >= 11 is 4.99. The van der Waals surface area contributed by atoms with Crippen molar-refractivity contribution in [3.8, 4) is 11.6 Å². The van der Waals surface area contributed by atoms with Gasteiger partial charge in [-0.2, -0.15) is 0 Å². The van der Waals surface area contributed by atoms with E-state index in [0.29, 0.717) is 24.7 Å². The zero-order valence-electron chi connectivity index (χ0n) is 10.5. The number of para-hydroxylation sites is 1. The van der Waals surface area contributed by atoms with Crippen LogP contribution < -0.4 is 15.0 Å². The first kappa shape index (κ1) is 11.7. The second-order valence-corrected chi connectivity index (χ2v) is 5.46. The molecule has 2 unspecified atom stereocenters. The number of hydrogen-bond donors (Lipinski definition) is 2. The first-order chi connectivity index (χ1) is 9.74. The van der Waals surface area contributed by atoms with E-state index in [2.05, 4.69) is 9.97 Å². The van der Waals surface area contributed by atoms with E-state index < -0.39 is 0 Å². The maximum Gasteiger partial charge on any atom is 0.259 e. The van der Waals surface area contributed by atoms with E-state index in [1.807, 2.05) is 24.3 Å². The van der Waals surface area contributed by atoms with Crippen LogP contribution in [0.4, 0.5) is 0 Å². The van der Waals surface area contributed by atoms with Crippen molar-refractivity contribution in [2.45, 2.75) is 5.92 Å². The van der Waals surface area contributed by atoms with Crippen LogP contribution in [-0.4, -0.2) is 23.2 Å². The quantitative estimate of drug-likeness (QED) is 0.727. The molecule has 1 aromatic heterocycles. The monoisotopic (exact) mass is 288 g/mol. The largest absolute Gasteiger partial charge is 0.493 e. The summed E-state index contributed by atoms with van der Waals surface area (Å²) in [5.41, 5.74) is 1.46. The number of rotatable bonds is 0. The minimum atomic E-state index is -0.185. The minimum Gasteiger partial charge on any atom is -0.493 e. The molecule has 2 aliphatic rings. The van der Waals surface area contributed by atoms with Gasteiger partial charge >= 0.3 is 0 Å². The summed E-state index contributed by atoms with van der Waals surface area (Å²) in [4.78, 5) is 17.9. The Bertz CT molecular complexity index is 795. The summed E-state index contributed by atoms with van der Waals surface area (Å²) in [7, 11) is 0. The predicted octanol–water partition coefficient (Wildman–Crippen LogP) is 1.97. The molecule has 0 bridgehead atoms. The third-order valence-electron chi connectivity index (χ3n) is 3.87. The van der Waals surface area contributed by atoms with E-state index in [1.165, 1.54) is 0 Å². The number of benzene rings is 1. The first-order valence-electron chi connectivity index (χ1n) is 6.45. The van der Waals surface area contributed by atoms with Gasteiger partial charge in [-0.1, -0.05) is 18.2 Å². The topological polar surface area (TPSA) is 67.1 Å². The lowest BCUT2D eigenvalue weighted by Crippen LogP contribution is -2.38. The van der Waals surface area contributed by atoms with Crippen LogP contribution in [0.2, 0.25) is 0 Å². The molecule has 2 aromatic rings. The van der Waals surface area contributed by atoms with Crippen molar-refractivity contribution in [2.75, 3.05) is 13.2 Å². The Morgan fingerprint density at radius 3 is 2.85 bits per heavy atom. The molecule has 102 valence electrons. The lowest BCUT2D eigenvalue weighted by atomic mass is 9.79. The number of aromatic nitrogens is 2. The molecule has 0 spiro atoms. The second-order valence-electron chi connectivity index (χ2n) is 5.05. The molecular formula is C14H12N2O3S. The second kappa shape index (κ2) is 4.21. The van der Waals surface area contributed by atoms with Crippen LogP contribution in [0.5, 0.6) is 11.6 Å². The Balaban J connectivity index is 1.99.